The van der Waals surface area contributed by atoms with Gasteiger partial charge in [0.2, 0.25) is 0 Å². The number of aliphatic imine (C=N–C) groups is 2. The lowest BCUT2D eigenvalue weighted by Crippen LogP contribution is -2.41. The molecule has 1 N–H and O–H groups in total. The molecule has 1 saturated heterocycles. The largest absolute Gasteiger partial charge is 0.347 e. The van der Waals surface area contributed by atoms with Crippen molar-refractivity contribution in [2.24, 2.45) is 15.9 Å². The number of allylic oxidation sites excluding steroid dienone is 1. The molecule has 39 heavy (non-hydrogen) atoms. The molecule has 2 aliphatic rings. The predicted octanol–water partition coefficient (Wildman–Crippen LogP) is 6.10. The smallest absolute Gasteiger partial charge is 0.269 e. The van der Waals surface area contributed by atoms with Crippen LogP contribution in [-0.2, 0) is 16.1 Å². The van der Waals surface area contributed by atoms with E-state index in [-0.39, 0.29) is 17.7 Å². The van der Waals surface area contributed by atoms with E-state index >= 15 is 0 Å². The topological polar surface area (TPSA) is 74.1 Å². The van der Waals surface area contributed by atoms with Gasteiger partial charge in [-0.05, 0) is 69.2 Å². The zero-order valence-corrected chi connectivity index (χ0v) is 24.5. The van der Waals surface area contributed by atoms with Gasteiger partial charge in [-0.1, -0.05) is 48.0 Å². The van der Waals surface area contributed by atoms with E-state index in [0.29, 0.717) is 42.5 Å². The summed E-state index contributed by atoms with van der Waals surface area (Å²) in [6, 6.07) is 15.5. The molecule has 0 radical (unpaired) electrons. The number of carbonyl (C=O) groups is 2. The zero-order valence-electron chi connectivity index (χ0n) is 23.0. The molecule has 0 aromatic heterocycles. The molecule has 204 valence electrons. The highest BCUT2D eigenvalue weighted by Crippen LogP contribution is 2.27. The van der Waals surface area contributed by atoms with E-state index in [1.54, 1.807) is 17.8 Å². The van der Waals surface area contributed by atoms with Crippen LogP contribution in [0.15, 0.2) is 86.3 Å². The Hall–Kier alpha value is -3.16. The Kier molecular flexibility index (Phi) is 9.81. The lowest BCUT2D eigenvalue weighted by atomic mass is 9.91. The van der Waals surface area contributed by atoms with Crippen molar-refractivity contribution in [1.29, 1.82) is 0 Å². The summed E-state index contributed by atoms with van der Waals surface area (Å²) in [6.07, 6.45) is 5.40. The van der Waals surface area contributed by atoms with E-state index < -0.39 is 0 Å². The minimum absolute atomic E-state index is 0.0331. The lowest BCUT2D eigenvalue weighted by molar-refractivity contribution is -0.127. The van der Waals surface area contributed by atoms with Gasteiger partial charge in [0.25, 0.3) is 11.8 Å². The van der Waals surface area contributed by atoms with Crippen LogP contribution in [0.5, 0.6) is 0 Å². The summed E-state index contributed by atoms with van der Waals surface area (Å²) < 4.78 is 0. The van der Waals surface area contributed by atoms with Gasteiger partial charge in [-0.3, -0.25) is 19.6 Å². The van der Waals surface area contributed by atoms with Gasteiger partial charge in [0, 0.05) is 46.7 Å². The summed E-state index contributed by atoms with van der Waals surface area (Å²) >= 11 is 7.72. The molecule has 2 heterocycles. The Labute approximate surface area is 240 Å². The average Bonchev–Trinajstić information content (AvgIpc) is 3.35. The van der Waals surface area contributed by atoms with Gasteiger partial charge in [0.15, 0.2) is 0 Å². The van der Waals surface area contributed by atoms with E-state index in [0.717, 1.165) is 45.9 Å². The first-order valence-electron chi connectivity index (χ1n) is 13.2. The zero-order chi connectivity index (χ0) is 27.9. The standard InChI is InChI=1S/C31H35ClN4O2S/c1-5-26(30(37)34-19-24-8-6-7-9-27(24)39-4)35-21(3)22-14-16-36(17-15-22)31(38)28-20(2)18-33-29(28)23-10-12-25(32)13-11-23/h5-13,22H,14-19H2,1-4H3,(H,34,37)/b26-5-,35-21?. The van der Waals surface area contributed by atoms with Crippen LogP contribution in [0.4, 0.5) is 0 Å². The van der Waals surface area contributed by atoms with Crippen molar-refractivity contribution in [2.75, 3.05) is 25.9 Å². The van der Waals surface area contributed by atoms with Crippen LogP contribution >= 0.6 is 23.4 Å². The molecule has 6 nitrogen and oxygen atoms in total. The number of halogens is 1. The van der Waals surface area contributed by atoms with Crippen molar-refractivity contribution in [1.82, 2.24) is 10.2 Å². The van der Waals surface area contributed by atoms with Crippen LogP contribution in [0.1, 0.15) is 44.7 Å². The minimum Gasteiger partial charge on any atom is -0.347 e. The number of rotatable bonds is 8. The van der Waals surface area contributed by atoms with Gasteiger partial charge in [0.05, 0.1) is 17.8 Å². The fourth-order valence-corrected chi connectivity index (χ4v) is 5.73. The molecular formula is C31H35ClN4O2S. The Morgan fingerprint density at radius 3 is 2.51 bits per heavy atom. The normalized spacial score (nSPS) is 16.9. The quantitative estimate of drug-likeness (QED) is 0.240. The first kappa shape index (κ1) is 28.8. The van der Waals surface area contributed by atoms with E-state index in [1.807, 2.05) is 74.4 Å². The molecule has 0 aliphatic carbocycles. The summed E-state index contributed by atoms with van der Waals surface area (Å²) in [5, 5.41) is 3.66. The van der Waals surface area contributed by atoms with Crippen molar-refractivity contribution in [3.63, 3.8) is 0 Å². The number of piperidine rings is 1. The maximum Gasteiger partial charge on any atom is 0.269 e. The number of thioether (sulfide) groups is 1. The first-order valence-corrected chi connectivity index (χ1v) is 14.8. The van der Waals surface area contributed by atoms with Crippen molar-refractivity contribution in [3.05, 3.63) is 87.6 Å². The highest BCUT2D eigenvalue weighted by atomic mass is 35.5. The highest BCUT2D eigenvalue weighted by molar-refractivity contribution is 7.98. The monoisotopic (exact) mass is 562 g/mol. The van der Waals surface area contributed by atoms with Gasteiger partial charge < -0.3 is 10.2 Å². The van der Waals surface area contributed by atoms with Crippen LogP contribution in [0, 0.1) is 5.92 Å². The van der Waals surface area contributed by atoms with Gasteiger partial charge in [-0.25, -0.2) is 0 Å². The highest BCUT2D eigenvalue weighted by Gasteiger charge is 2.31. The van der Waals surface area contributed by atoms with Gasteiger partial charge in [0.1, 0.15) is 5.70 Å². The summed E-state index contributed by atoms with van der Waals surface area (Å²) in [7, 11) is 0. The minimum atomic E-state index is -0.182. The Morgan fingerprint density at radius 2 is 1.85 bits per heavy atom. The van der Waals surface area contributed by atoms with Crippen molar-refractivity contribution in [3.8, 4) is 0 Å². The van der Waals surface area contributed by atoms with Crippen molar-refractivity contribution < 1.29 is 9.59 Å². The first-order chi connectivity index (χ1) is 18.8. The predicted molar refractivity (Wildman–Crippen MR) is 162 cm³/mol. The average molecular weight is 563 g/mol. The Bertz CT molecular complexity index is 1350. The second kappa shape index (κ2) is 13.3. The molecule has 8 heteroatoms. The number of nitrogens with zero attached hydrogens (tertiary/aromatic N) is 3. The van der Waals surface area contributed by atoms with Gasteiger partial charge in [-0.2, -0.15) is 0 Å². The summed E-state index contributed by atoms with van der Waals surface area (Å²) in [6.45, 7) is 8.08. The molecule has 2 aliphatic heterocycles. The fourth-order valence-electron chi connectivity index (χ4n) is 4.99. The Morgan fingerprint density at radius 1 is 1.15 bits per heavy atom. The summed E-state index contributed by atoms with van der Waals surface area (Å²) in [5.74, 6) is 0.0703. The number of nitrogens with one attached hydrogen (secondary N) is 1. The maximum absolute atomic E-state index is 13.6. The van der Waals surface area contributed by atoms with Crippen LogP contribution in [-0.4, -0.2) is 54.0 Å². The second-order valence-corrected chi connectivity index (χ2v) is 11.1. The number of likely N-dealkylation sites (tertiary alicyclic amines) is 1. The molecule has 2 aromatic carbocycles. The van der Waals surface area contributed by atoms with E-state index in [4.69, 9.17) is 16.6 Å². The molecule has 2 amide bonds. The third-order valence-corrected chi connectivity index (χ3v) is 8.37. The molecule has 1 fully saturated rings. The van der Waals surface area contributed by atoms with E-state index in [2.05, 4.69) is 16.4 Å². The number of benzene rings is 2. The molecule has 2 aromatic rings. The number of hydrogen-bond acceptors (Lipinski definition) is 5. The number of carbonyl (C=O) groups excluding carboxylic acids is 2. The summed E-state index contributed by atoms with van der Waals surface area (Å²) in [4.78, 5) is 38.9. The third kappa shape index (κ3) is 6.89. The molecular weight excluding hydrogens is 528 g/mol. The van der Waals surface area contributed by atoms with Crippen LogP contribution in [0.25, 0.3) is 0 Å². The number of hydrogen-bond donors (Lipinski definition) is 1. The van der Waals surface area contributed by atoms with Crippen molar-refractivity contribution in [2.45, 2.75) is 45.1 Å². The molecule has 0 bridgehead atoms. The second-order valence-electron chi connectivity index (χ2n) is 9.82. The Balaban J connectivity index is 1.35. The third-order valence-electron chi connectivity index (χ3n) is 7.28. The molecule has 0 atom stereocenters. The van der Waals surface area contributed by atoms with Crippen molar-refractivity contribution >= 4 is 46.6 Å². The fraction of sp³-hybridized carbons (Fsp3) is 0.355. The van der Waals surface area contributed by atoms with E-state index in [9.17, 15) is 9.59 Å². The lowest BCUT2D eigenvalue weighted by Gasteiger charge is -2.32. The van der Waals surface area contributed by atoms with Crippen LogP contribution in [0.2, 0.25) is 5.02 Å². The SMILES string of the molecule is C/C=C(\N=C(C)C1CCN(C(=O)C2=C(C)CN=C2c2ccc(Cl)cc2)CC1)C(=O)NCc1ccccc1SC. The summed E-state index contributed by atoms with van der Waals surface area (Å²) in [5.41, 5.74) is 5.79. The van der Waals surface area contributed by atoms with Gasteiger partial charge >= 0.3 is 0 Å². The molecule has 4 rings (SSSR count). The number of amides is 2. The molecule has 0 unspecified atom stereocenters. The molecule has 0 saturated carbocycles. The maximum atomic E-state index is 13.6. The van der Waals surface area contributed by atoms with Crippen LogP contribution < -0.4 is 5.32 Å². The van der Waals surface area contributed by atoms with E-state index in [1.165, 1.54) is 0 Å². The molecule has 0 spiro atoms. The van der Waals surface area contributed by atoms with Gasteiger partial charge in [-0.15, -0.1) is 11.8 Å². The van der Waals surface area contributed by atoms with Crippen LogP contribution in [0.3, 0.4) is 0 Å².